The van der Waals surface area contributed by atoms with E-state index in [1.165, 1.54) is 0 Å². The number of benzene rings is 1. The second-order valence-corrected chi connectivity index (χ2v) is 4.92. The van der Waals surface area contributed by atoms with Gasteiger partial charge in [0, 0.05) is 5.56 Å². The second kappa shape index (κ2) is 5.58. The van der Waals surface area contributed by atoms with Crippen LogP contribution in [-0.4, -0.2) is 16.8 Å². The SMILES string of the molecule is C=CC(NC(=O)OC(C)(C)C)c1ccccc1O. The largest absolute Gasteiger partial charge is 0.508 e. The van der Waals surface area contributed by atoms with E-state index in [1.54, 1.807) is 51.1 Å². The molecule has 0 radical (unpaired) electrons. The highest BCUT2D eigenvalue weighted by Crippen LogP contribution is 2.24. The summed E-state index contributed by atoms with van der Waals surface area (Å²) in [6.07, 6.45) is 0.995. The van der Waals surface area contributed by atoms with Crippen molar-refractivity contribution < 1.29 is 14.6 Å². The van der Waals surface area contributed by atoms with Gasteiger partial charge in [0.25, 0.3) is 0 Å². The molecule has 98 valence electrons. The normalized spacial score (nSPS) is 12.6. The lowest BCUT2D eigenvalue weighted by Gasteiger charge is -2.22. The maximum atomic E-state index is 11.6. The first-order chi connectivity index (χ1) is 8.33. The van der Waals surface area contributed by atoms with E-state index in [9.17, 15) is 9.90 Å². The van der Waals surface area contributed by atoms with Crippen LogP contribution in [0.25, 0.3) is 0 Å². The van der Waals surface area contributed by atoms with Crippen molar-refractivity contribution in [2.75, 3.05) is 0 Å². The Kier molecular flexibility index (Phi) is 4.37. The number of carbonyl (C=O) groups is 1. The zero-order valence-electron chi connectivity index (χ0n) is 10.9. The zero-order chi connectivity index (χ0) is 13.8. The van der Waals surface area contributed by atoms with E-state index in [-0.39, 0.29) is 5.75 Å². The first-order valence-electron chi connectivity index (χ1n) is 5.73. The molecule has 4 nitrogen and oxygen atoms in total. The third kappa shape index (κ3) is 4.13. The van der Waals surface area contributed by atoms with Crippen molar-refractivity contribution >= 4 is 6.09 Å². The number of phenolic OH excluding ortho intramolecular Hbond substituents is 1. The van der Waals surface area contributed by atoms with Crippen LogP contribution < -0.4 is 5.32 Å². The molecule has 0 aliphatic carbocycles. The molecule has 0 aliphatic rings. The summed E-state index contributed by atoms with van der Waals surface area (Å²) in [5.74, 6) is 0.110. The Morgan fingerprint density at radius 2 is 2.06 bits per heavy atom. The van der Waals surface area contributed by atoms with Gasteiger partial charge >= 0.3 is 6.09 Å². The van der Waals surface area contributed by atoms with Crippen molar-refractivity contribution in [2.24, 2.45) is 0 Å². The lowest BCUT2D eigenvalue weighted by molar-refractivity contribution is 0.0513. The molecule has 1 unspecified atom stereocenters. The summed E-state index contributed by atoms with van der Waals surface area (Å²) in [5.41, 5.74) is 0.0208. The first-order valence-corrected chi connectivity index (χ1v) is 5.73. The van der Waals surface area contributed by atoms with E-state index in [4.69, 9.17) is 4.74 Å². The quantitative estimate of drug-likeness (QED) is 0.809. The molecule has 0 fully saturated rings. The van der Waals surface area contributed by atoms with Gasteiger partial charge in [0.15, 0.2) is 0 Å². The van der Waals surface area contributed by atoms with E-state index >= 15 is 0 Å². The standard InChI is InChI=1S/C14H19NO3/c1-5-11(10-8-6-7-9-12(10)16)15-13(17)18-14(2,3)4/h5-9,11,16H,1H2,2-4H3,(H,15,17). The number of carbonyl (C=O) groups excluding carboxylic acids is 1. The Labute approximate surface area is 107 Å². The molecule has 1 aromatic rings. The fraction of sp³-hybridized carbons (Fsp3) is 0.357. The third-order valence-electron chi connectivity index (χ3n) is 2.18. The summed E-state index contributed by atoms with van der Waals surface area (Å²) in [4.78, 5) is 11.6. The Bertz CT molecular complexity index is 435. The van der Waals surface area contributed by atoms with Crippen LogP contribution in [0, 0.1) is 0 Å². The highest BCUT2D eigenvalue weighted by molar-refractivity contribution is 5.69. The van der Waals surface area contributed by atoms with Crippen LogP contribution in [-0.2, 0) is 4.74 Å². The number of ether oxygens (including phenoxy) is 1. The lowest BCUT2D eigenvalue weighted by Crippen LogP contribution is -2.34. The zero-order valence-corrected chi connectivity index (χ0v) is 10.9. The molecular formula is C14H19NO3. The maximum Gasteiger partial charge on any atom is 0.408 e. The summed E-state index contributed by atoms with van der Waals surface area (Å²) in [7, 11) is 0. The minimum atomic E-state index is -0.561. The molecule has 1 amide bonds. The topological polar surface area (TPSA) is 58.6 Å². The number of amides is 1. The number of alkyl carbamates (subject to hydrolysis) is 1. The number of nitrogens with one attached hydrogen (secondary N) is 1. The fourth-order valence-electron chi connectivity index (χ4n) is 1.45. The van der Waals surface area contributed by atoms with E-state index in [0.717, 1.165) is 0 Å². The number of aromatic hydroxyl groups is 1. The molecule has 4 heteroatoms. The van der Waals surface area contributed by atoms with Gasteiger partial charge in [-0.1, -0.05) is 24.3 Å². The van der Waals surface area contributed by atoms with Crippen LogP contribution in [0.15, 0.2) is 36.9 Å². The summed E-state index contributed by atoms with van der Waals surface area (Å²) in [5, 5.41) is 12.4. The van der Waals surface area contributed by atoms with Crippen molar-refractivity contribution in [3.63, 3.8) is 0 Å². The van der Waals surface area contributed by atoms with Crippen molar-refractivity contribution in [3.05, 3.63) is 42.5 Å². The van der Waals surface area contributed by atoms with Crippen LogP contribution in [0.4, 0.5) is 4.79 Å². The Morgan fingerprint density at radius 3 is 2.56 bits per heavy atom. The molecular weight excluding hydrogens is 230 g/mol. The van der Waals surface area contributed by atoms with Crippen molar-refractivity contribution in [1.29, 1.82) is 0 Å². The third-order valence-corrected chi connectivity index (χ3v) is 2.18. The number of para-hydroxylation sites is 1. The summed E-state index contributed by atoms with van der Waals surface area (Å²) < 4.78 is 5.15. The summed E-state index contributed by atoms with van der Waals surface area (Å²) in [6.45, 7) is 9.01. The first kappa shape index (κ1) is 14.1. The van der Waals surface area contributed by atoms with Crippen LogP contribution in [0.5, 0.6) is 5.75 Å². The van der Waals surface area contributed by atoms with Gasteiger partial charge in [-0.25, -0.2) is 4.79 Å². The molecule has 2 N–H and O–H groups in total. The van der Waals surface area contributed by atoms with E-state index in [0.29, 0.717) is 5.56 Å². The van der Waals surface area contributed by atoms with Gasteiger partial charge < -0.3 is 15.2 Å². The number of hydrogen-bond acceptors (Lipinski definition) is 3. The predicted molar refractivity (Wildman–Crippen MR) is 70.4 cm³/mol. The second-order valence-electron chi connectivity index (χ2n) is 4.92. The average molecular weight is 249 g/mol. The molecule has 0 bridgehead atoms. The minimum Gasteiger partial charge on any atom is -0.508 e. The van der Waals surface area contributed by atoms with E-state index in [1.807, 2.05) is 0 Å². The molecule has 0 saturated heterocycles. The van der Waals surface area contributed by atoms with Gasteiger partial charge in [-0.15, -0.1) is 6.58 Å². The maximum absolute atomic E-state index is 11.6. The van der Waals surface area contributed by atoms with Gasteiger partial charge in [-0.05, 0) is 26.8 Å². The number of rotatable bonds is 3. The van der Waals surface area contributed by atoms with E-state index < -0.39 is 17.7 Å². The number of hydrogen-bond donors (Lipinski definition) is 2. The van der Waals surface area contributed by atoms with Gasteiger partial charge in [0.05, 0.1) is 6.04 Å². The average Bonchev–Trinajstić information content (AvgIpc) is 2.24. The van der Waals surface area contributed by atoms with E-state index in [2.05, 4.69) is 11.9 Å². The van der Waals surface area contributed by atoms with Crippen LogP contribution >= 0.6 is 0 Å². The molecule has 0 heterocycles. The molecule has 0 aliphatic heterocycles. The predicted octanol–water partition coefficient (Wildman–Crippen LogP) is 3.14. The monoisotopic (exact) mass is 249 g/mol. The van der Waals surface area contributed by atoms with Gasteiger partial charge in [0.1, 0.15) is 11.4 Å². The Morgan fingerprint density at radius 1 is 1.44 bits per heavy atom. The molecule has 1 atom stereocenters. The van der Waals surface area contributed by atoms with Crippen molar-refractivity contribution in [1.82, 2.24) is 5.32 Å². The fourth-order valence-corrected chi connectivity index (χ4v) is 1.45. The Balaban J connectivity index is 2.78. The van der Waals surface area contributed by atoms with Gasteiger partial charge in [0.2, 0.25) is 0 Å². The van der Waals surface area contributed by atoms with Crippen molar-refractivity contribution in [2.45, 2.75) is 32.4 Å². The Hall–Kier alpha value is -1.97. The molecule has 0 spiro atoms. The smallest absolute Gasteiger partial charge is 0.408 e. The molecule has 0 saturated carbocycles. The van der Waals surface area contributed by atoms with Crippen LogP contribution in [0.2, 0.25) is 0 Å². The minimum absolute atomic E-state index is 0.110. The summed E-state index contributed by atoms with van der Waals surface area (Å²) in [6, 6.07) is 6.29. The van der Waals surface area contributed by atoms with Gasteiger partial charge in [-0.3, -0.25) is 0 Å². The van der Waals surface area contributed by atoms with Gasteiger partial charge in [-0.2, -0.15) is 0 Å². The number of phenols is 1. The van der Waals surface area contributed by atoms with Crippen molar-refractivity contribution in [3.8, 4) is 5.75 Å². The molecule has 1 aromatic carbocycles. The molecule has 0 aromatic heterocycles. The molecule has 18 heavy (non-hydrogen) atoms. The molecule has 1 rings (SSSR count). The summed E-state index contributed by atoms with van der Waals surface area (Å²) >= 11 is 0. The highest BCUT2D eigenvalue weighted by Gasteiger charge is 2.20. The highest BCUT2D eigenvalue weighted by atomic mass is 16.6. The van der Waals surface area contributed by atoms with Crippen LogP contribution in [0.3, 0.4) is 0 Å². The van der Waals surface area contributed by atoms with Crippen LogP contribution in [0.1, 0.15) is 32.4 Å². The lowest BCUT2D eigenvalue weighted by atomic mass is 10.1.